The number of benzene rings is 1. The highest BCUT2D eigenvalue weighted by molar-refractivity contribution is 5.79. The maximum absolute atomic E-state index is 11.8. The summed E-state index contributed by atoms with van der Waals surface area (Å²) in [6, 6.07) is 6.88. The van der Waals surface area contributed by atoms with Gasteiger partial charge in [0.1, 0.15) is 5.75 Å². The monoisotopic (exact) mass is 263 g/mol. The number of amides is 1. The first kappa shape index (κ1) is 13.9. The van der Waals surface area contributed by atoms with Crippen molar-refractivity contribution in [2.75, 3.05) is 13.2 Å². The first-order valence-electron chi connectivity index (χ1n) is 6.85. The minimum absolute atomic E-state index is 0.0786. The van der Waals surface area contributed by atoms with E-state index < -0.39 is 0 Å². The number of rotatable bonds is 5. The molecule has 0 aromatic heterocycles. The topological polar surface area (TPSA) is 69.6 Å². The van der Waals surface area contributed by atoms with Gasteiger partial charge in [-0.3, -0.25) is 4.79 Å². The lowest BCUT2D eigenvalue weighted by molar-refractivity contribution is -0.120. The number of aliphatic hydroxyl groups excluding tert-OH is 1. The maximum atomic E-state index is 11.8. The largest absolute Gasteiger partial charge is 0.508 e. The molecule has 2 unspecified atom stereocenters. The molecule has 1 fully saturated rings. The number of phenolic OH excluding ortho intramolecular Hbond substituents is 1. The molecule has 0 heterocycles. The number of para-hydroxylation sites is 1. The summed E-state index contributed by atoms with van der Waals surface area (Å²) in [5.41, 5.74) is 0.644. The van der Waals surface area contributed by atoms with Gasteiger partial charge in [-0.05, 0) is 30.7 Å². The summed E-state index contributed by atoms with van der Waals surface area (Å²) in [6.07, 6.45) is 3.45. The Morgan fingerprint density at radius 2 is 2.00 bits per heavy atom. The molecule has 3 N–H and O–H groups in total. The number of hydrogen-bond donors (Lipinski definition) is 3. The molecular formula is C15H21NO3. The predicted octanol–water partition coefficient (Wildman–Crippen LogP) is 1.46. The van der Waals surface area contributed by atoms with Crippen molar-refractivity contribution in [1.29, 1.82) is 0 Å². The Morgan fingerprint density at radius 3 is 2.74 bits per heavy atom. The van der Waals surface area contributed by atoms with Gasteiger partial charge in [0.2, 0.25) is 5.91 Å². The average molecular weight is 263 g/mol. The molecule has 0 aliphatic heterocycles. The highest BCUT2D eigenvalue weighted by atomic mass is 16.3. The second-order valence-corrected chi connectivity index (χ2v) is 5.24. The molecular weight excluding hydrogens is 242 g/mol. The van der Waals surface area contributed by atoms with E-state index in [0.29, 0.717) is 23.9 Å². The fourth-order valence-corrected chi connectivity index (χ4v) is 2.76. The number of hydrogen-bond acceptors (Lipinski definition) is 3. The van der Waals surface area contributed by atoms with Gasteiger partial charge in [0.05, 0.1) is 6.42 Å². The van der Waals surface area contributed by atoms with Gasteiger partial charge in [0.25, 0.3) is 0 Å². The van der Waals surface area contributed by atoms with Crippen LogP contribution in [0.2, 0.25) is 0 Å². The van der Waals surface area contributed by atoms with E-state index in [9.17, 15) is 15.0 Å². The smallest absolute Gasteiger partial charge is 0.224 e. The van der Waals surface area contributed by atoms with E-state index in [2.05, 4.69) is 5.32 Å². The van der Waals surface area contributed by atoms with Gasteiger partial charge in [0.15, 0.2) is 0 Å². The molecule has 2 atom stereocenters. The molecule has 4 nitrogen and oxygen atoms in total. The zero-order chi connectivity index (χ0) is 13.7. The zero-order valence-electron chi connectivity index (χ0n) is 11.0. The summed E-state index contributed by atoms with van der Waals surface area (Å²) >= 11 is 0. The second kappa shape index (κ2) is 6.57. The highest BCUT2D eigenvalue weighted by Crippen LogP contribution is 2.30. The van der Waals surface area contributed by atoms with Crippen LogP contribution in [0.15, 0.2) is 24.3 Å². The van der Waals surface area contributed by atoms with Gasteiger partial charge >= 0.3 is 0 Å². The van der Waals surface area contributed by atoms with Crippen molar-refractivity contribution in [3.8, 4) is 5.75 Å². The van der Waals surface area contributed by atoms with E-state index in [-0.39, 0.29) is 24.7 Å². The summed E-state index contributed by atoms with van der Waals surface area (Å²) in [7, 11) is 0. The molecule has 1 aromatic rings. The van der Waals surface area contributed by atoms with Crippen molar-refractivity contribution < 1.29 is 15.0 Å². The Morgan fingerprint density at radius 1 is 1.26 bits per heavy atom. The lowest BCUT2D eigenvalue weighted by Crippen LogP contribution is -2.32. The molecule has 0 spiro atoms. The first-order chi connectivity index (χ1) is 9.20. The number of carbonyl (C=O) groups is 1. The highest BCUT2D eigenvalue weighted by Gasteiger charge is 2.26. The average Bonchev–Trinajstić information content (AvgIpc) is 2.86. The van der Waals surface area contributed by atoms with Crippen molar-refractivity contribution >= 4 is 5.91 Å². The molecule has 1 aliphatic carbocycles. The first-order valence-corrected chi connectivity index (χ1v) is 6.85. The minimum Gasteiger partial charge on any atom is -0.508 e. The van der Waals surface area contributed by atoms with Crippen LogP contribution in [0.1, 0.15) is 24.8 Å². The summed E-state index contributed by atoms with van der Waals surface area (Å²) < 4.78 is 0. The van der Waals surface area contributed by atoms with Crippen molar-refractivity contribution in [2.45, 2.75) is 25.7 Å². The van der Waals surface area contributed by atoms with Crippen molar-refractivity contribution in [3.63, 3.8) is 0 Å². The summed E-state index contributed by atoms with van der Waals surface area (Å²) in [5, 5.41) is 21.7. The Labute approximate surface area is 113 Å². The van der Waals surface area contributed by atoms with Crippen LogP contribution >= 0.6 is 0 Å². The van der Waals surface area contributed by atoms with Gasteiger partial charge in [-0.15, -0.1) is 0 Å². The van der Waals surface area contributed by atoms with E-state index in [1.807, 2.05) is 0 Å². The Balaban J connectivity index is 1.80. The SMILES string of the molecule is O=C(Cc1ccccc1O)NCC1CCCC1CO. The molecule has 19 heavy (non-hydrogen) atoms. The molecule has 4 heteroatoms. The van der Waals surface area contributed by atoms with E-state index in [1.54, 1.807) is 24.3 Å². The molecule has 0 radical (unpaired) electrons. The summed E-state index contributed by atoms with van der Waals surface area (Å²) in [5.74, 6) is 0.792. The molecule has 104 valence electrons. The Kier molecular flexibility index (Phi) is 4.80. The van der Waals surface area contributed by atoms with Gasteiger partial charge in [0, 0.05) is 18.7 Å². The molecule has 1 saturated carbocycles. The minimum atomic E-state index is -0.0786. The number of phenols is 1. The van der Waals surface area contributed by atoms with Crippen LogP contribution in [0, 0.1) is 11.8 Å². The number of carbonyl (C=O) groups excluding carboxylic acids is 1. The molecule has 1 aliphatic rings. The summed E-state index contributed by atoms with van der Waals surface area (Å²) in [6.45, 7) is 0.831. The third-order valence-corrected chi connectivity index (χ3v) is 3.96. The molecule has 0 bridgehead atoms. The normalized spacial score (nSPS) is 22.4. The van der Waals surface area contributed by atoms with Crippen LogP contribution in [0.25, 0.3) is 0 Å². The summed E-state index contributed by atoms with van der Waals surface area (Å²) in [4.78, 5) is 11.8. The van der Waals surface area contributed by atoms with E-state index >= 15 is 0 Å². The van der Waals surface area contributed by atoms with Crippen LogP contribution in [0.5, 0.6) is 5.75 Å². The Hall–Kier alpha value is -1.55. The fourth-order valence-electron chi connectivity index (χ4n) is 2.76. The lowest BCUT2D eigenvalue weighted by Gasteiger charge is -2.17. The van der Waals surface area contributed by atoms with Crippen molar-refractivity contribution in [1.82, 2.24) is 5.32 Å². The van der Waals surface area contributed by atoms with Gasteiger partial charge < -0.3 is 15.5 Å². The molecule has 1 aromatic carbocycles. The third-order valence-electron chi connectivity index (χ3n) is 3.96. The van der Waals surface area contributed by atoms with Crippen molar-refractivity contribution in [2.24, 2.45) is 11.8 Å². The zero-order valence-corrected chi connectivity index (χ0v) is 11.0. The van der Waals surface area contributed by atoms with Crippen LogP contribution in [-0.2, 0) is 11.2 Å². The molecule has 0 saturated heterocycles. The van der Waals surface area contributed by atoms with Gasteiger partial charge in [-0.25, -0.2) is 0 Å². The second-order valence-electron chi connectivity index (χ2n) is 5.24. The lowest BCUT2D eigenvalue weighted by atomic mass is 9.97. The standard InChI is InChI=1S/C15H21NO3/c17-10-13-6-3-5-12(13)9-16-15(19)8-11-4-1-2-7-14(11)18/h1-2,4,7,12-13,17-18H,3,5-6,8-10H2,(H,16,19). The van der Waals surface area contributed by atoms with Crippen LogP contribution in [0.3, 0.4) is 0 Å². The molecule has 1 amide bonds. The van der Waals surface area contributed by atoms with E-state index in [4.69, 9.17) is 0 Å². The predicted molar refractivity (Wildman–Crippen MR) is 72.7 cm³/mol. The third kappa shape index (κ3) is 3.70. The number of aromatic hydroxyl groups is 1. The Bertz CT molecular complexity index is 433. The number of nitrogens with one attached hydrogen (secondary N) is 1. The molecule has 2 rings (SSSR count). The van der Waals surface area contributed by atoms with Crippen LogP contribution < -0.4 is 5.32 Å². The fraction of sp³-hybridized carbons (Fsp3) is 0.533. The van der Waals surface area contributed by atoms with E-state index in [0.717, 1.165) is 19.3 Å². The maximum Gasteiger partial charge on any atom is 0.224 e. The van der Waals surface area contributed by atoms with Gasteiger partial charge in [-0.2, -0.15) is 0 Å². The van der Waals surface area contributed by atoms with Gasteiger partial charge in [-0.1, -0.05) is 24.6 Å². The number of aliphatic hydroxyl groups is 1. The van der Waals surface area contributed by atoms with Crippen molar-refractivity contribution in [3.05, 3.63) is 29.8 Å². The van der Waals surface area contributed by atoms with Crippen LogP contribution in [-0.4, -0.2) is 29.3 Å². The quantitative estimate of drug-likeness (QED) is 0.753. The van der Waals surface area contributed by atoms with E-state index in [1.165, 1.54) is 0 Å². The van der Waals surface area contributed by atoms with Crippen LogP contribution in [0.4, 0.5) is 0 Å².